The van der Waals surface area contributed by atoms with Gasteiger partial charge in [0, 0.05) is 44.8 Å². The summed E-state index contributed by atoms with van der Waals surface area (Å²) in [6.07, 6.45) is 0. The zero-order valence-corrected chi connectivity index (χ0v) is 12.0. The number of aliphatic hydroxyl groups excluding tert-OH is 1. The largest absolute Gasteiger partial charge is 0.396 e. The Morgan fingerprint density at radius 1 is 1.55 bits per heavy atom. The van der Waals surface area contributed by atoms with E-state index in [0.717, 1.165) is 0 Å². The fourth-order valence-electron chi connectivity index (χ4n) is 2.67. The van der Waals surface area contributed by atoms with E-state index in [1.54, 1.807) is 19.2 Å². The van der Waals surface area contributed by atoms with Crippen molar-refractivity contribution in [3.05, 3.63) is 34.6 Å². The molecule has 1 aliphatic heterocycles. The maximum atomic E-state index is 13.9. The number of rotatable bonds is 4. The van der Waals surface area contributed by atoms with E-state index in [1.165, 1.54) is 6.07 Å². The van der Waals surface area contributed by atoms with Crippen LogP contribution in [0.5, 0.6) is 0 Å². The van der Waals surface area contributed by atoms with Crippen molar-refractivity contribution in [2.45, 2.75) is 6.54 Å². The Morgan fingerprint density at radius 3 is 2.95 bits per heavy atom. The molecule has 1 aliphatic rings. The van der Waals surface area contributed by atoms with Crippen molar-refractivity contribution in [3.63, 3.8) is 0 Å². The maximum Gasteiger partial charge on any atom is 0.224 e. The van der Waals surface area contributed by atoms with Crippen molar-refractivity contribution in [2.24, 2.45) is 11.8 Å². The summed E-state index contributed by atoms with van der Waals surface area (Å²) in [6, 6.07) is 4.90. The molecular weight excluding hydrogens is 283 g/mol. The van der Waals surface area contributed by atoms with Crippen molar-refractivity contribution in [3.8, 4) is 0 Å². The summed E-state index contributed by atoms with van der Waals surface area (Å²) < 4.78 is 13.9. The van der Waals surface area contributed by atoms with Gasteiger partial charge in [0.1, 0.15) is 5.82 Å². The standard InChI is InChI=1S/C14H18ClFN2O2/c1-17-14(20)11-7-18(6-10(11)8-19)5-9-3-2-4-12(15)13(9)16/h2-4,10-11,19H,5-8H2,1H3,(H,17,20)/t10-,11+/m0/s1. The predicted molar refractivity (Wildman–Crippen MR) is 74.8 cm³/mol. The molecule has 110 valence electrons. The zero-order valence-electron chi connectivity index (χ0n) is 11.3. The molecule has 0 aliphatic carbocycles. The molecule has 6 heteroatoms. The molecule has 2 N–H and O–H groups in total. The van der Waals surface area contributed by atoms with Crippen molar-refractivity contribution in [1.82, 2.24) is 10.2 Å². The monoisotopic (exact) mass is 300 g/mol. The van der Waals surface area contributed by atoms with E-state index in [-0.39, 0.29) is 29.4 Å². The number of nitrogens with zero attached hydrogens (tertiary/aromatic N) is 1. The third-order valence-corrected chi connectivity index (χ3v) is 4.05. The highest BCUT2D eigenvalue weighted by atomic mass is 35.5. The van der Waals surface area contributed by atoms with Crippen molar-refractivity contribution in [2.75, 3.05) is 26.7 Å². The van der Waals surface area contributed by atoms with Crippen LogP contribution in [0, 0.1) is 17.7 Å². The second-order valence-electron chi connectivity index (χ2n) is 5.07. The summed E-state index contributed by atoms with van der Waals surface area (Å²) in [6.45, 7) is 1.42. The Kier molecular flexibility index (Phi) is 4.96. The lowest BCUT2D eigenvalue weighted by molar-refractivity contribution is -0.125. The van der Waals surface area contributed by atoms with Gasteiger partial charge in [-0.2, -0.15) is 0 Å². The van der Waals surface area contributed by atoms with Crippen LogP contribution in [0.4, 0.5) is 4.39 Å². The molecule has 1 aromatic carbocycles. The molecule has 1 aromatic rings. The molecule has 0 bridgehead atoms. The number of hydrogen-bond acceptors (Lipinski definition) is 3. The number of likely N-dealkylation sites (tertiary alicyclic amines) is 1. The Labute approximate surface area is 122 Å². The molecule has 0 unspecified atom stereocenters. The first kappa shape index (κ1) is 15.2. The van der Waals surface area contributed by atoms with E-state index >= 15 is 0 Å². The van der Waals surface area contributed by atoms with Crippen molar-refractivity contribution < 1.29 is 14.3 Å². The Bertz CT molecular complexity index is 498. The summed E-state index contributed by atoms with van der Waals surface area (Å²) in [4.78, 5) is 13.7. The third kappa shape index (κ3) is 3.11. The summed E-state index contributed by atoms with van der Waals surface area (Å²) in [7, 11) is 1.58. The fraction of sp³-hybridized carbons (Fsp3) is 0.500. The molecule has 0 aromatic heterocycles. The van der Waals surface area contributed by atoms with Crippen LogP contribution in [0.3, 0.4) is 0 Å². The fourth-order valence-corrected chi connectivity index (χ4v) is 2.86. The lowest BCUT2D eigenvalue weighted by Gasteiger charge is -2.16. The highest BCUT2D eigenvalue weighted by molar-refractivity contribution is 6.30. The number of aliphatic hydroxyl groups is 1. The summed E-state index contributed by atoms with van der Waals surface area (Å²) in [5.74, 6) is -0.874. The topological polar surface area (TPSA) is 52.6 Å². The van der Waals surface area contributed by atoms with E-state index < -0.39 is 5.82 Å². The van der Waals surface area contributed by atoms with Gasteiger partial charge < -0.3 is 10.4 Å². The highest BCUT2D eigenvalue weighted by Gasteiger charge is 2.36. The van der Waals surface area contributed by atoms with Crippen LogP contribution in [0.2, 0.25) is 5.02 Å². The van der Waals surface area contributed by atoms with Gasteiger partial charge in [-0.05, 0) is 6.07 Å². The van der Waals surface area contributed by atoms with E-state index in [2.05, 4.69) is 5.32 Å². The molecule has 2 atom stereocenters. The minimum absolute atomic E-state index is 0.0490. The van der Waals surface area contributed by atoms with Crippen LogP contribution in [-0.2, 0) is 11.3 Å². The molecule has 2 rings (SSSR count). The first-order chi connectivity index (χ1) is 9.56. The van der Waals surface area contributed by atoms with Crippen molar-refractivity contribution in [1.29, 1.82) is 0 Å². The highest BCUT2D eigenvalue weighted by Crippen LogP contribution is 2.26. The number of benzene rings is 1. The number of carbonyl (C=O) groups excluding carboxylic acids is 1. The van der Waals surface area contributed by atoms with Crippen LogP contribution >= 0.6 is 11.6 Å². The van der Waals surface area contributed by atoms with Gasteiger partial charge >= 0.3 is 0 Å². The molecule has 1 amide bonds. The van der Waals surface area contributed by atoms with Gasteiger partial charge in [0.2, 0.25) is 5.91 Å². The lowest BCUT2D eigenvalue weighted by atomic mass is 9.96. The predicted octanol–water partition coefficient (Wildman–Crippen LogP) is 1.27. The van der Waals surface area contributed by atoms with Crippen LogP contribution < -0.4 is 5.32 Å². The molecule has 0 spiro atoms. The lowest BCUT2D eigenvalue weighted by Crippen LogP contribution is -2.33. The normalized spacial score (nSPS) is 23.0. The van der Waals surface area contributed by atoms with E-state index in [0.29, 0.717) is 25.2 Å². The Balaban J connectivity index is 2.08. The summed E-state index contributed by atoms with van der Waals surface area (Å²) in [5.41, 5.74) is 0.506. The third-order valence-electron chi connectivity index (χ3n) is 3.76. The van der Waals surface area contributed by atoms with Crippen LogP contribution in [0.15, 0.2) is 18.2 Å². The Hall–Kier alpha value is -1.17. The average molecular weight is 301 g/mol. The summed E-state index contributed by atoms with van der Waals surface area (Å²) in [5, 5.41) is 12.1. The number of nitrogens with one attached hydrogen (secondary N) is 1. The van der Waals surface area contributed by atoms with Crippen LogP contribution in [-0.4, -0.2) is 42.7 Å². The molecular formula is C14H18ClFN2O2. The maximum absolute atomic E-state index is 13.9. The first-order valence-corrected chi connectivity index (χ1v) is 6.92. The van der Waals surface area contributed by atoms with Gasteiger partial charge in [-0.15, -0.1) is 0 Å². The van der Waals surface area contributed by atoms with Gasteiger partial charge in [-0.1, -0.05) is 23.7 Å². The molecule has 20 heavy (non-hydrogen) atoms. The number of carbonyl (C=O) groups is 1. The molecule has 0 saturated carbocycles. The number of hydrogen-bond donors (Lipinski definition) is 2. The molecule has 4 nitrogen and oxygen atoms in total. The molecule has 1 fully saturated rings. The summed E-state index contributed by atoms with van der Waals surface area (Å²) >= 11 is 5.76. The number of halogens is 2. The molecule has 1 heterocycles. The second kappa shape index (κ2) is 6.52. The van der Waals surface area contributed by atoms with Crippen LogP contribution in [0.25, 0.3) is 0 Å². The van der Waals surface area contributed by atoms with Gasteiger partial charge in [-0.25, -0.2) is 4.39 Å². The van der Waals surface area contributed by atoms with Crippen LogP contribution in [0.1, 0.15) is 5.56 Å². The molecule has 0 radical (unpaired) electrons. The van der Waals surface area contributed by atoms with Gasteiger partial charge in [0.15, 0.2) is 0 Å². The smallest absolute Gasteiger partial charge is 0.224 e. The van der Waals surface area contributed by atoms with E-state index in [9.17, 15) is 14.3 Å². The number of amides is 1. The van der Waals surface area contributed by atoms with Gasteiger partial charge in [0.25, 0.3) is 0 Å². The second-order valence-corrected chi connectivity index (χ2v) is 5.48. The Morgan fingerprint density at radius 2 is 2.30 bits per heavy atom. The average Bonchev–Trinajstić information content (AvgIpc) is 2.86. The van der Waals surface area contributed by atoms with Gasteiger partial charge in [-0.3, -0.25) is 9.69 Å². The van der Waals surface area contributed by atoms with Gasteiger partial charge in [0.05, 0.1) is 10.9 Å². The quantitative estimate of drug-likeness (QED) is 0.880. The minimum atomic E-state index is -0.418. The van der Waals surface area contributed by atoms with Crippen molar-refractivity contribution >= 4 is 17.5 Å². The van der Waals surface area contributed by atoms with E-state index in [1.807, 2.05) is 4.90 Å². The molecule has 1 saturated heterocycles. The first-order valence-electron chi connectivity index (χ1n) is 6.54. The SMILES string of the molecule is CNC(=O)[C@@H]1CN(Cc2cccc(Cl)c2F)C[C@H]1CO. The zero-order chi connectivity index (χ0) is 14.7. The minimum Gasteiger partial charge on any atom is -0.396 e. The van der Waals surface area contributed by atoms with E-state index in [4.69, 9.17) is 11.6 Å².